The predicted octanol–water partition coefficient (Wildman–Crippen LogP) is 2.66. The van der Waals surface area contributed by atoms with Crippen molar-refractivity contribution in [3.8, 4) is 0 Å². The Hall–Kier alpha value is -2.70. The molecular formula is C22H29N5O2. The number of hydrogen-bond donors (Lipinski definition) is 0. The maximum absolute atomic E-state index is 13.0. The maximum atomic E-state index is 13.0. The first-order valence-electron chi connectivity index (χ1n) is 10.6. The molecule has 4 heterocycles. The van der Waals surface area contributed by atoms with Gasteiger partial charge in [0.15, 0.2) is 0 Å². The summed E-state index contributed by atoms with van der Waals surface area (Å²) in [5.41, 5.74) is 1.04. The molecule has 0 saturated carbocycles. The average Bonchev–Trinajstić information content (AvgIpc) is 3.27. The average molecular weight is 396 g/mol. The van der Waals surface area contributed by atoms with E-state index >= 15 is 0 Å². The minimum absolute atomic E-state index is 0.118. The van der Waals surface area contributed by atoms with Crippen molar-refractivity contribution in [2.75, 3.05) is 19.6 Å². The third kappa shape index (κ3) is 4.18. The van der Waals surface area contributed by atoms with E-state index < -0.39 is 0 Å². The van der Waals surface area contributed by atoms with Gasteiger partial charge in [-0.15, -0.1) is 0 Å². The largest absolute Gasteiger partial charge is 0.341 e. The number of carbonyl (C=O) groups excluding carboxylic acids is 2. The van der Waals surface area contributed by atoms with E-state index in [1.54, 1.807) is 17.1 Å². The molecule has 0 unspecified atom stereocenters. The van der Waals surface area contributed by atoms with Crippen molar-refractivity contribution in [3.05, 3.63) is 48.5 Å². The van der Waals surface area contributed by atoms with Crippen molar-refractivity contribution in [3.63, 3.8) is 0 Å². The van der Waals surface area contributed by atoms with Gasteiger partial charge in [0.2, 0.25) is 11.8 Å². The zero-order chi connectivity index (χ0) is 20.3. The van der Waals surface area contributed by atoms with Gasteiger partial charge in [-0.05, 0) is 49.3 Å². The molecule has 2 fully saturated rings. The van der Waals surface area contributed by atoms with Crippen LogP contribution < -0.4 is 0 Å². The molecular weight excluding hydrogens is 366 g/mol. The van der Waals surface area contributed by atoms with Gasteiger partial charge in [-0.2, -0.15) is 5.10 Å². The van der Waals surface area contributed by atoms with Crippen LogP contribution in [0.3, 0.4) is 0 Å². The molecule has 7 heteroatoms. The molecule has 154 valence electrons. The fourth-order valence-corrected chi connectivity index (χ4v) is 4.69. The number of hydrogen-bond acceptors (Lipinski definition) is 4. The summed E-state index contributed by atoms with van der Waals surface area (Å²) in [6, 6.07) is 7.45. The molecule has 2 aliphatic rings. The molecule has 1 spiro atoms. The van der Waals surface area contributed by atoms with Gasteiger partial charge in [0.1, 0.15) is 6.04 Å². The minimum Gasteiger partial charge on any atom is -0.341 e. The maximum Gasteiger partial charge on any atom is 0.247 e. The van der Waals surface area contributed by atoms with Crippen LogP contribution >= 0.6 is 0 Å². The Bertz CT molecular complexity index is 828. The predicted molar refractivity (Wildman–Crippen MR) is 109 cm³/mol. The molecule has 4 rings (SSSR count). The van der Waals surface area contributed by atoms with Crippen molar-refractivity contribution in [2.45, 2.75) is 51.6 Å². The smallest absolute Gasteiger partial charge is 0.247 e. The van der Waals surface area contributed by atoms with Crippen LogP contribution in [-0.2, 0) is 16.1 Å². The van der Waals surface area contributed by atoms with Crippen LogP contribution in [-0.4, -0.2) is 56.0 Å². The number of aromatic nitrogens is 3. The number of carbonyl (C=O) groups is 2. The summed E-state index contributed by atoms with van der Waals surface area (Å²) < 4.78 is 1.76. The lowest BCUT2D eigenvalue weighted by Crippen LogP contribution is -2.52. The highest BCUT2D eigenvalue weighted by molar-refractivity contribution is 5.80. The van der Waals surface area contributed by atoms with Gasteiger partial charge < -0.3 is 9.80 Å². The van der Waals surface area contributed by atoms with E-state index in [4.69, 9.17) is 0 Å². The van der Waals surface area contributed by atoms with Crippen molar-refractivity contribution < 1.29 is 9.59 Å². The van der Waals surface area contributed by atoms with Crippen molar-refractivity contribution in [1.82, 2.24) is 24.6 Å². The Balaban J connectivity index is 1.39. The molecule has 2 aliphatic heterocycles. The quantitative estimate of drug-likeness (QED) is 0.780. The number of rotatable bonds is 5. The lowest BCUT2D eigenvalue weighted by Gasteiger charge is -2.47. The number of amides is 2. The summed E-state index contributed by atoms with van der Waals surface area (Å²) in [6.45, 7) is 4.87. The molecule has 2 aromatic heterocycles. The van der Waals surface area contributed by atoms with Gasteiger partial charge in [-0.25, -0.2) is 0 Å². The molecule has 0 radical (unpaired) electrons. The Morgan fingerprint density at radius 2 is 2.00 bits per heavy atom. The van der Waals surface area contributed by atoms with E-state index in [-0.39, 0.29) is 23.3 Å². The van der Waals surface area contributed by atoms with E-state index in [9.17, 15) is 9.59 Å². The fourth-order valence-electron chi connectivity index (χ4n) is 4.69. The summed E-state index contributed by atoms with van der Waals surface area (Å²) in [5, 5.41) is 4.26. The van der Waals surface area contributed by atoms with Gasteiger partial charge in [-0.1, -0.05) is 13.0 Å². The third-order valence-corrected chi connectivity index (χ3v) is 6.48. The molecule has 0 aromatic carbocycles. The number of likely N-dealkylation sites (tertiary alicyclic amines) is 2. The molecule has 2 saturated heterocycles. The lowest BCUT2D eigenvalue weighted by molar-refractivity contribution is -0.144. The van der Waals surface area contributed by atoms with Gasteiger partial charge in [0.05, 0.1) is 12.2 Å². The van der Waals surface area contributed by atoms with Crippen LogP contribution in [0, 0.1) is 5.41 Å². The molecule has 1 atom stereocenters. The first-order chi connectivity index (χ1) is 14.1. The zero-order valence-electron chi connectivity index (χ0n) is 17.0. The van der Waals surface area contributed by atoms with Gasteiger partial charge in [0.25, 0.3) is 0 Å². The molecule has 2 amide bonds. The van der Waals surface area contributed by atoms with Crippen molar-refractivity contribution >= 4 is 11.8 Å². The molecule has 7 nitrogen and oxygen atoms in total. The van der Waals surface area contributed by atoms with E-state index in [2.05, 4.69) is 10.1 Å². The lowest BCUT2D eigenvalue weighted by atomic mass is 9.72. The van der Waals surface area contributed by atoms with Crippen LogP contribution in [0.15, 0.2) is 42.9 Å². The van der Waals surface area contributed by atoms with Crippen LogP contribution in [0.4, 0.5) is 0 Å². The third-order valence-electron chi connectivity index (χ3n) is 6.48. The van der Waals surface area contributed by atoms with Gasteiger partial charge in [-0.3, -0.25) is 19.3 Å². The van der Waals surface area contributed by atoms with Gasteiger partial charge in [0, 0.05) is 44.6 Å². The topological polar surface area (TPSA) is 71.3 Å². The molecule has 0 N–H and O–H groups in total. The standard InChI is InChI=1S/C22H29N5O2/c1-2-19(27-13-5-12-24-27)21(29)25-14-9-22(10-15-25)8-7-20(28)26(17-22)16-18-6-3-4-11-23-18/h3-6,11-13,19H,2,7-10,14-17H2,1H3/t19-/m1/s1. The number of pyridine rings is 1. The second-order valence-corrected chi connectivity index (χ2v) is 8.31. The summed E-state index contributed by atoms with van der Waals surface area (Å²) in [5.74, 6) is 0.368. The molecule has 29 heavy (non-hydrogen) atoms. The normalized spacial score (nSPS) is 20.1. The zero-order valence-corrected chi connectivity index (χ0v) is 17.0. The SMILES string of the molecule is CC[C@H](C(=O)N1CCC2(CCC(=O)N(Cc3ccccn3)C2)CC1)n1cccn1. The second-order valence-electron chi connectivity index (χ2n) is 8.31. The van der Waals surface area contributed by atoms with Crippen LogP contribution in [0.1, 0.15) is 50.8 Å². The van der Waals surface area contributed by atoms with Crippen LogP contribution in [0.2, 0.25) is 0 Å². The minimum atomic E-state index is -0.229. The Morgan fingerprint density at radius 3 is 2.66 bits per heavy atom. The first-order valence-corrected chi connectivity index (χ1v) is 10.6. The fraction of sp³-hybridized carbons (Fsp3) is 0.545. The van der Waals surface area contributed by atoms with E-state index in [1.165, 1.54) is 0 Å². The van der Waals surface area contributed by atoms with Gasteiger partial charge >= 0.3 is 0 Å². The van der Waals surface area contributed by atoms with E-state index in [1.807, 2.05) is 47.2 Å². The van der Waals surface area contributed by atoms with Crippen molar-refractivity contribution in [2.24, 2.45) is 5.41 Å². The summed E-state index contributed by atoms with van der Waals surface area (Å²) >= 11 is 0. The van der Waals surface area contributed by atoms with Crippen LogP contribution in [0.25, 0.3) is 0 Å². The summed E-state index contributed by atoms with van der Waals surface area (Å²) in [6.07, 6.45) is 9.48. The highest BCUT2D eigenvalue weighted by atomic mass is 16.2. The summed E-state index contributed by atoms with van der Waals surface area (Å²) in [7, 11) is 0. The monoisotopic (exact) mass is 395 g/mol. The summed E-state index contributed by atoms with van der Waals surface area (Å²) in [4.78, 5) is 33.9. The Labute approximate surface area is 171 Å². The molecule has 0 aliphatic carbocycles. The Morgan fingerprint density at radius 1 is 1.17 bits per heavy atom. The molecule has 2 aromatic rings. The van der Waals surface area contributed by atoms with E-state index in [0.29, 0.717) is 13.0 Å². The van der Waals surface area contributed by atoms with Crippen LogP contribution in [0.5, 0.6) is 0 Å². The molecule has 0 bridgehead atoms. The highest BCUT2D eigenvalue weighted by Gasteiger charge is 2.42. The highest BCUT2D eigenvalue weighted by Crippen LogP contribution is 2.41. The second kappa shape index (κ2) is 8.35. The number of nitrogens with zero attached hydrogens (tertiary/aromatic N) is 5. The first kappa shape index (κ1) is 19.6. The number of piperidine rings is 2. The Kier molecular flexibility index (Phi) is 5.65. The van der Waals surface area contributed by atoms with Crippen molar-refractivity contribution in [1.29, 1.82) is 0 Å². The van der Waals surface area contributed by atoms with E-state index in [0.717, 1.165) is 51.0 Å².